The molecule has 1 heterocycles. The van der Waals surface area contributed by atoms with Gasteiger partial charge in [-0.15, -0.1) is 0 Å². The third-order valence-electron chi connectivity index (χ3n) is 1.73. The van der Waals surface area contributed by atoms with Crippen LogP contribution in [-0.2, 0) is 6.61 Å². The Bertz CT molecular complexity index is 438. The van der Waals surface area contributed by atoms with Crippen LogP contribution in [0.5, 0.6) is 5.75 Å². The third-order valence-corrected chi connectivity index (χ3v) is 1.73. The first-order valence-electron chi connectivity index (χ1n) is 4.30. The number of nitrogens with zero attached hydrogens (tertiary/aromatic N) is 2. The summed E-state index contributed by atoms with van der Waals surface area (Å²) in [4.78, 5) is 3.79. The minimum atomic E-state index is 0.103. The molecule has 1 aromatic carbocycles. The molecule has 1 aromatic heterocycles. The third kappa shape index (κ3) is 2.37. The van der Waals surface area contributed by atoms with E-state index in [1.807, 2.05) is 0 Å². The van der Waals surface area contributed by atoms with E-state index >= 15 is 0 Å². The molecule has 78 valence electrons. The van der Waals surface area contributed by atoms with Crippen LogP contribution in [0.15, 0.2) is 28.8 Å². The lowest BCUT2D eigenvalue weighted by Gasteiger charge is -2.02. The molecule has 2 rings (SSSR count). The predicted molar refractivity (Wildman–Crippen MR) is 53.9 cm³/mol. The minimum absolute atomic E-state index is 0.103. The Balaban J connectivity index is 1.96. The molecule has 0 saturated carbocycles. The number of aromatic nitrogens is 2. The van der Waals surface area contributed by atoms with Crippen molar-refractivity contribution in [1.82, 2.24) is 10.1 Å². The number of rotatable bonds is 3. The van der Waals surface area contributed by atoms with Crippen LogP contribution in [0.2, 0.25) is 0 Å². The first kappa shape index (κ1) is 9.32. The Kier molecular flexibility index (Phi) is 2.40. The molecule has 0 saturated heterocycles. The number of nitrogen functional groups attached to an aromatic ring is 2. The smallest absolute Gasteiger partial charge is 0.266 e. The van der Waals surface area contributed by atoms with Gasteiger partial charge in [0.15, 0.2) is 6.61 Å². The van der Waals surface area contributed by atoms with Gasteiger partial charge in [0.1, 0.15) is 5.75 Å². The summed E-state index contributed by atoms with van der Waals surface area (Å²) in [6.45, 7) is 0.189. The van der Waals surface area contributed by atoms with Gasteiger partial charge in [-0.3, -0.25) is 0 Å². The molecule has 4 N–H and O–H groups in total. The molecule has 6 heteroatoms. The molecular formula is C9H10N4O2. The standard InChI is InChI=1S/C9H10N4O2/c10-6-1-3-7(4-2-6)14-5-8-12-9(11)13-15-8/h1-4H,5,10H2,(H2,11,13). The second-order valence-electron chi connectivity index (χ2n) is 2.90. The molecule has 0 atom stereocenters. The van der Waals surface area contributed by atoms with Crippen LogP contribution in [-0.4, -0.2) is 10.1 Å². The summed E-state index contributed by atoms with van der Waals surface area (Å²) < 4.78 is 10.1. The van der Waals surface area contributed by atoms with Crippen molar-refractivity contribution < 1.29 is 9.26 Å². The van der Waals surface area contributed by atoms with Crippen LogP contribution in [0.4, 0.5) is 11.6 Å². The quantitative estimate of drug-likeness (QED) is 0.721. The Labute approximate surface area is 85.8 Å². The molecule has 0 aliphatic heterocycles. The van der Waals surface area contributed by atoms with Crippen molar-refractivity contribution in [2.24, 2.45) is 0 Å². The number of nitrogens with two attached hydrogens (primary N) is 2. The number of benzene rings is 1. The fraction of sp³-hybridized carbons (Fsp3) is 0.111. The average molecular weight is 206 g/mol. The fourth-order valence-corrected chi connectivity index (χ4v) is 1.04. The molecule has 0 aliphatic carbocycles. The summed E-state index contributed by atoms with van der Waals surface area (Å²) in [6.07, 6.45) is 0. The summed E-state index contributed by atoms with van der Waals surface area (Å²) in [5.41, 5.74) is 11.5. The van der Waals surface area contributed by atoms with Crippen LogP contribution in [0.25, 0.3) is 0 Å². The maximum Gasteiger partial charge on any atom is 0.266 e. The van der Waals surface area contributed by atoms with Crippen molar-refractivity contribution in [1.29, 1.82) is 0 Å². The maximum atomic E-state index is 5.52. The van der Waals surface area contributed by atoms with Crippen molar-refractivity contribution >= 4 is 11.6 Å². The Hall–Kier alpha value is -2.24. The number of anilines is 2. The van der Waals surface area contributed by atoms with Gasteiger partial charge in [-0.2, -0.15) is 4.98 Å². The lowest BCUT2D eigenvalue weighted by molar-refractivity contribution is 0.243. The van der Waals surface area contributed by atoms with E-state index in [1.54, 1.807) is 24.3 Å². The lowest BCUT2D eigenvalue weighted by Crippen LogP contribution is -1.96. The minimum Gasteiger partial charge on any atom is -0.484 e. The number of ether oxygens (including phenoxy) is 1. The molecule has 0 bridgehead atoms. The molecular weight excluding hydrogens is 196 g/mol. The van der Waals surface area contributed by atoms with E-state index in [9.17, 15) is 0 Å². The van der Waals surface area contributed by atoms with E-state index in [1.165, 1.54) is 0 Å². The van der Waals surface area contributed by atoms with Crippen LogP contribution in [0.1, 0.15) is 5.89 Å². The van der Waals surface area contributed by atoms with Crippen LogP contribution < -0.4 is 16.2 Å². The Morgan fingerprint density at radius 2 is 1.93 bits per heavy atom. The highest BCUT2D eigenvalue weighted by Gasteiger charge is 2.03. The van der Waals surface area contributed by atoms with Crippen molar-refractivity contribution in [2.45, 2.75) is 6.61 Å². The second-order valence-corrected chi connectivity index (χ2v) is 2.90. The van der Waals surface area contributed by atoms with E-state index in [0.29, 0.717) is 17.3 Å². The molecule has 0 radical (unpaired) electrons. The van der Waals surface area contributed by atoms with Crippen molar-refractivity contribution in [3.63, 3.8) is 0 Å². The fourth-order valence-electron chi connectivity index (χ4n) is 1.04. The molecule has 15 heavy (non-hydrogen) atoms. The summed E-state index contributed by atoms with van der Waals surface area (Å²) in [5, 5.41) is 3.43. The SMILES string of the molecule is Nc1ccc(OCc2nc(N)no2)cc1. The Morgan fingerprint density at radius 1 is 1.20 bits per heavy atom. The van der Waals surface area contributed by atoms with Gasteiger partial charge in [0.2, 0.25) is 0 Å². The molecule has 0 amide bonds. The van der Waals surface area contributed by atoms with Gasteiger partial charge in [-0.1, -0.05) is 0 Å². The predicted octanol–water partition coefficient (Wildman–Crippen LogP) is 0.813. The molecule has 0 spiro atoms. The summed E-state index contributed by atoms with van der Waals surface area (Å²) in [6, 6.07) is 7.01. The van der Waals surface area contributed by atoms with Crippen molar-refractivity contribution in [3.05, 3.63) is 30.2 Å². The second kappa shape index (κ2) is 3.87. The van der Waals surface area contributed by atoms with Crippen molar-refractivity contribution in [2.75, 3.05) is 11.5 Å². The summed E-state index contributed by atoms with van der Waals surface area (Å²) in [5.74, 6) is 1.12. The van der Waals surface area contributed by atoms with Gasteiger partial charge < -0.3 is 20.7 Å². The zero-order valence-corrected chi connectivity index (χ0v) is 7.88. The molecule has 0 unspecified atom stereocenters. The van der Waals surface area contributed by atoms with E-state index < -0.39 is 0 Å². The van der Waals surface area contributed by atoms with Crippen LogP contribution in [0, 0.1) is 0 Å². The van der Waals surface area contributed by atoms with Gasteiger partial charge in [-0.05, 0) is 29.4 Å². The summed E-state index contributed by atoms with van der Waals surface area (Å²) >= 11 is 0. The topological polar surface area (TPSA) is 100 Å². The molecule has 0 fully saturated rings. The average Bonchev–Trinajstić information content (AvgIpc) is 2.64. The Morgan fingerprint density at radius 3 is 2.53 bits per heavy atom. The highest BCUT2D eigenvalue weighted by Crippen LogP contribution is 2.14. The maximum absolute atomic E-state index is 5.52. The molecule has 0 aliphatic rings. The number of hydrogen-bond acceptors (Lipinski definition) is 6. The van der Waals surface area contributed by atoms with Crippen LogP contribution in [0.3, 0.4) is 0 Å². The monoisotopic (exact) mass is 206 g/mol. The zero-order chi connectivity index (χ0) is 10.7. The summed E-state index contributed by atoms with van der Waals surface area (Å²) in [7, 11) is 0. The van der Waals surface area contributed by atoms with Gasteiger partial charge in [-0.25, -0.2) is 0 Å². The van der Waals surface area contributed by atoms with E-state index in [-0.39, 0.29) is 12.6 Å². The first-order chi connectivity index (χ1) is 7.24. The lowest BCUT2D eigenvalue weighted by atomic mass is 10.3. The van der Waals surface area contributed by atoms with Crippen molar-refractivity contribution in [3.8, 4) is 5.75 Å². The van der Waals surface area contributed by atoms with E-state index in [4.69, 9.17) is 20.7 Å². The molecule has 2 aromatic rings. The van der Waals surface area contributed by atoms with Gasteiger partial charge in [0.25, 0.3) is 11.8 Å². The highest BCUT2D eigenvalue weighted by molar-refractivity contribution is 5.41. The van der Waals surface area contributed by atoms with Crippen LogP contribution >= 0.6 is 0 Å². The van der Waals surface area contributed by atoms with E-state index in [0.717, 1.165) is 0 Å². The van der Waals surface area contributed by atoms with Gasteiger partial charge >= 0.3 is 0 Å². The number of hydrogen-bond donors (Lipinski definition) is 2. The highest BCUT2D eigenvalue weighted by atomic mass is 16.5. The zero-order valence-electron chi connectivity index (χ0n) is 7.88. The normalized spacial score (nSPS) is 10.1. The van der Waals surface area contributed by atoms with Gasteiger partial charge in [0.05, 0.1) is 0 Å². The largest absolute Gasteiger partial charge is 0.484 e. The first-order valence-corrected chi connectivity index (χ1v) is 4.30. The van der Waals surface area contributed by atoms with Gasteiger partial charge in [0, 0.05) is 5.69 Å². The van der Waals surface area contributed by atoms with E-state index in [2.05, 4.69) is 10.1 Å². The molecule has 6 nitrogen and oxygen atoms in total.